The summed E-state index contributed by atoms with van der Waals surface area (Å²) in [6.45, 7) is 4.25. The first kappa shape index (κ1) is 28.8. The van der Waals surface area contributed by atoms with Crippen molar-refractivity contribution < 1.29 is 28.6 Å². The van der Waals surface area contributed by atoms with Gasteiger partial charge in [0.1, 0.15) is 30.0 Å². The van der Waals surface area contributed by atoms with Gasteiger partial charge in [-0.2, -0.15) is 0 Å². The Hall–Kier alpha value is -4.69. The van der Waals surface area contributed by atoms with Gasteiger partial charge in [-0.05, 0) is 96.1 Å². The molecule has 5 rings (SSSR count). The normalized spacial score (nSPS) is 11.8. The minimum Gasteiger partial charge on any atom is -0.491 e. The molecule has 1 atom stereocenters. The van der Waals surface area contributed by atoms with Gasteiger partial charge in [0, 0.05) is 11.1 Å². The molecule has 4 aromatic carbocycles. The predicted molar refractivity (Wildman–Crippen MR) is 163 cm³/mol. The summed E-state index contributed by atoms with van der Waals surface area (Å²) in [6, 6.07) is 27.7. The average molecular weight is 584 g/mol. The van der Waals surface area contributed by atoms with E-state index >= 15 is 0 Å². The maximum atomic E-state index is 13.1. The van der Waals surface area contributed by atoms with Crippen LogP contribution < -0.4 is 14.8 Å². The summed E-state index contributed by atoms with van der Waals surface area (Å²) >= 11 is 1.32. The molecule has 6 nitrogen and oxygen atoms in total. The van der Waals surface area contributed by atoms with Crippen LogP contribution in [0.5, 0.6) is 11.5 Å². The Kier molecular flexibility index (Phi) is 8.83. The molecule has 0 saturated carbocycles. The number of ether oxygens (including phenoxy) is 2. The molecule has 0 saturated heterocycles. The van der Waals surface area contributed by atoms with E-state index in [9.17, 15) is 19.1 Å². The lowest BCUT2D eigenvalue weighted by Gasteiger charge is -2.14. The van der Waals surface area contributed by atoms with Crippen molar-refractivity contribution in [3.05, 3.63) is 119 Å². The molecule has 214 valence electrons. The third-order valence-electron chi connectivity index (χ3n) is 6.58. The standard InChI is InChI=1S/C34H30FNO5S/c1-21(2)41-29-14-7-24(8-15-29)25-9-16-31-26(18-25)19-32(42-31)33(37)36-30(34(38)39)17-22-5-12-28(13-6-22)40-20-23-3-10-27(35)11-4-23/h3-16,18-19,21,30H,17,20H2,1-2H3,(H,36,37)(H,38,39). The molecule has 0 fully saturated rings. The molecule has 1 unspecified atom stereocenters. The molecule has 1 aromatic heterocycles. The van der Waals surface area contributed by atoms with Crippen LogP contribution in [0.25, 0.3) is 21.2 Å². The molecular weight excluding hydrogens is 553 g/mol. The number of fused-ring (bicyclic) bond motifs is 1. The van der Waals surface area contributed by atoms with Crippen molar-refractivity contribution in [2.45, 2.75) is 39.0 Å². The lowest BCUT2D eigenvalue weighted by atomic mass is 10.0. The Bertz CT molecular complexity index is 1680. The van der Waals surface area contributed by atoms with E-state index in [1.807, 2.05) is 56.3 Å². The Morgan fingerprint density at radius 1 is 0.833 bits per heavy atom. The summed E-state index contributed by atoms with van der Waals surface area (Å²) in [5.41, 5.74) is 3.61. The molecule has 0 radical (unpaired) electrons. The highest BCUT2D eigenvalue weighted by Crippen LogP contribution is 2.31. The first-order valence-corrected chi connectivity index (χ1v) is 14.4. The molecule has 42 heavy (non-hydrogen) atoms. The van der Waals surface area contributed by atoms with Gasteiger partial charge < -0.3 is 19.9 Å². The van der Waals surface area contributed by atoms with E-state index in [0.29, 0.717) is 10.6 Å². The lowest BCUT2D eigenvalue weighted by Crippen LogP contribution is -2.42. The van der Waals surface area contributed by atoms with Crippen molar-refractivity contribution >= 4 is 33.3 Å². The molecule has 0 bridgehead atoms. The lowest BCUT2D eigenvalue weighted by molar-refractivity contribution is -0.139. The fourth-order valence-corrected chi connectivity index (χ4v) is 5.41. The second kappa shape index (κ2) is 12.9. The highest BCUT2D eigenvalue weighted by molar-refractivity contribution is 7.20. The van der Waals surface area contributed by atoms with Crippen molar-refractivity contribution in [1.82, 2.24) is 5.32 Å². The quantitative estimate of drug-likeness (QED) is 0.168. The van der Waals surface area contributed by atoms with Crippen LogP contribution in [0.4, 0.5) is 4.39 Å². The molecule has 0 aliphatic heterocycles. The third-order valence-corrected chi connectivity index (χ3v) is 7.70. The molecule has 1 amide bonds. The van der Waals surface area contributed by atoms with Crippen molar-refractivity contribution in [1.29, 1.82) is 0 Å². The molecule has 5 aromatic rings. The first-order valence-electron chi connectivity index (χ1n) is 13.5. The number of nitrogens with one attached hydrogen (secondary N) is 1. The Balaban J connectivity index is 1.22. The molecule has 0 spiro atoms. The number of carbonyl (C=O) groups excluding carboxylic acids is 1. The number of carbonyl (C=O) groups is 2. The minimum absolute atomic E-state index is 0.100. The summed E-state index contributed by atoms with van der Waals surface area (Å²) in [7, 11) is 0. The summed E-state index contributed by atoms with van der Waals surface area (Å²) in [6.07, 6.45) is 0.216. The van der Waals surface area contributed by atoms with E-state index in [2.05, 4.69) is 5.32 Å². The summed E-state index contributed by atoms with van der Waals surface area (Å²) in [4.78, 5) is 25.5. The van der Waals surface area contributed by atoms with E-state index in [0.717, 1.165) is 38.1 Å². The summed E-state index contributed by atoms with van der Waals surface area (Å²) < 4.78 is 25.5. The van der Waals surface area contributed by atoms with Gasteiger partial charge in [0.05, 0.1) is 11.0 Å². The van der Waals surface area contributed by atoms with Crippen LogP contribution in [0.3, 0.4) is 0 Å². The summed E-state index contributed by atoms with van der Waals surface area (Å²) in [5.74, 6) is -0.445. The van der Waals surface area contributed by atoms with Gasteiger partial charge >= 0.3 is 5.97 Å². The van der Waals surface area contributed by atoms with Gasteiger partial charge in [0.25, 0.3) is 5.91 Å². The number of rotatable bonds is 11. The van der Waals surface area contributed by atoms with Gasteiger partial charge in [-0.15, -0.1) is 11.3 Å². The van der Waals surface area contributed by atoms with E-state index in [1.54, 1.807) is 42.5 Å². The number of halogens is 1. The van der Waals surface area contributed by atoms with Crippen LogP contribution in [0.15, 0.2) is 97.1 Å². The number of amides is 1. The van der Waals surface area contributed by atoms with E-state index < -0.39 is 17.9 Å². The molecule has 0 aliphatic rings. The molecule has 2 N–H and O–H groups in total. The number of hydrogen-bond donors (Lipinski definition) is 2. The van der Waals surface area contributed by atoms with Gasteiger partial charge in [0.2, 0.25) is 0 Å². The SMILES string of the molecule is CC(C)Oc1ccc(-c2ccc3sc(C(=O)NC(Cc4ccc(OCc5ccc(F)cc5)cc4)C(=O)O)cc3c2)cc1. The Morgan fingerprint density at radius 2 is 1.48 bits per heavy atom. The highest BCUT2D eigenvalue weighted by Gasteiger charge is 2.22. The van der Waals surface area contributed by atoms with Crippen molar-refractivity contribution in [2.75, 3.05) is 0 Å². The zero-order valence-electron chi connectivity index (χ0n) is 23.2. The minimum atomic E-state index is -1.12. The second-order valence-electron chi connectivity index (χ2n) is 10.2. The second-order valence-corrected chi connectivity index (χ2v) is 11.3. The van der Waals surface area contributed by atoms with Crippen LogP contribution in [0.2, 0.25) is 0 Å². The zero-order valence-corrected chi connectivity index (χ0v) is 24.0. The van der Waals surface area contributed by atoms with Crippen LogP contribution in [-0.2, 0) is 17.8 Å². The fraction of sp³-hybridized carbons (Fsp3) is 0.176. The van der Waals surface area contributed by atoms with Crippen LogP contribution in [0, 0.1) is 5.82 Å². The molecule has 0 aliphatic carbocycles. The maximum Gasteiger partial charge on any atom is 0.326 e. The largest absolute Gasteiger partial charge is 0.491 e. The topological polar surface area (TPSA) is 84.9 Å². The van der Waals surface area contributed by atoms with Crippen molar-refractivity contribution in [3.63, 3.8) is 0 Å². The van der Waals surface area contributed by atoms with Crippen molar-refractivity contribution in [3.8, 4) is 22.6 Å². The number of hydrogen-bond acceptors (Lipinski definition) is 5. The third kappa shape index (κ3) is 7.33. The van der Waals surface area contributed by atoms with Crippen LogP contribution >= 0.6 is 11.3 Å². The monoisotopic (exact) mass is 583 g/mol. The molecule has 1 heterocycles. The maximum absolute atomic E-state index is 13.1. The van der Waals surface area contributed by atoms with E-state index in [4.69, 9.17) is 9.47 Å². The highest BCUT2D eigenvalue weighted by atomic mass is 32.1. The number of carboxylic acids is 1. The molecular formula is C34H30FNO5S. The number of thiophene rings is 1. The van der Waals surface area contributed by atoms with Crippen molar-refractivity contribution in [2.24, 2.45) is 0 Å². The Morgan fingerprint density at radius 3 is 2.14 bits per heavy atom. The van der Waals surface area contributed by atoms with Crippen LogP contribution in [-0.4, -0.2) is 29.1 Å². The van der Waals surface area contributed by atoms with Gasteiger partial charge in [-0.25, -0.2) is 9.18 Å². The molecule has 8 heteroatoms. The summed E-state index contributed by atoms with van der Waals surface area (Å²) in [5, 5.41) is 13.4. The number of benzene rings is 4. The predicted octanol–water partition coefficient (Wildman–Crippen LogP) is 7.50. The van der Waals surface area contributed by atoms with Gasteiger partial charge in [-0.3, -0.25) is 4.79 Å². The number of aliphatic carboxylic acids is 1. The first-order chi connectivity index (χ1) is 20.2. The van der Waals surface area contributed by atoms with Gasteiger partial charge in [0.15, 0.2) is 0 Å². The fourth-order valence-electron chi connectivity index (χ4n) is 4.47. The number of carboxylic acid groups (broad SMARTS) is 1. The Labute approximate surface area is 247 Å². The van der Waals surface area contributed by atoms with Crippen LogP contribution in [0.1, 0.15) is 34.6 Å². The average Bonchev–Trinajstić information content (AvgIpc) is 3.41. The zero-order chi connectivity index (χ0) is 29.6. The van der Waals surface area contributed by atoms with E-state index in [1.165, 1.54) is 23.5 Å². The van der Waals surface area contributed by atoms with Gasteiger partial charge in [-0.1, -0.05) is 42.5 Å². The van der Waals surface area contributed by atoms with E-state index in [-0.39, 0.29) is 24.9 Å². The smallest absolute Gasteiger partial charge is 0.326 e.